The number of ether oxygens (including phenoxy) is 4. The second-order valence-corrected chi connectivity index (χ2v) is 13.9. The number of hydrogen-bond donors (Lipinski definition) is 0. The normalized spacial score (nSPS) is 11.8. The van der Waals surface area contributed by atoms with E-state index < -0.39 is 9.04 Å². The first-order valence-electron chi connectivity index (χ1n) is 13.3. The van der Waals surface area contributed by atoms with E-state index in [0.717, 1.165) is 21.6 Å². The van der Waals surface area contributed by atoms with Gasteiger partial charge >= 0.3 is 0 Å². The minimum absolute atomic E-state index is 0.235. The van der Waals surface area contributed by atoms with Crippen molar-refractivity contribution in [2.45, 2.75) is 39.3 Å². The van der Waals surface area contributed by atoms with Gasteiger partial charge in [0.25, 0.3) is 9.04 Å². The first-order chi connectivity index (χ1) is 19.5. The fraction of sp³-hybridized carbons (Fsp3) is 0.303. The molecule has 0 saturated carbocycles. The summed E-state index contributed by atoms with van der Waals surface area (Å²) in [5.74, 6) is 2.60. The van der Waals surface area contributed by atoms with Gasteiger partial charge in [-0.1, -0.05) is 39.0 Å². The van der Waals surface area contributed by atoms with E-state index in [1.165, 1.54) is 16.2 Å². The van der Waals surface area contributed by atoms with Gasteiger partial charge in [0.05, 0.1) is 34.0 Å². The molecular weight excluding hydrogens is 553 g/mol. The second kappa shape index (κ2) is 12.4. The molecule has 0 unspecified atom stereocenters. The lowest BCUT2D eigenvalue weighted by atomic mass is 9.84. The van der Waals surface area contributed by atoms with Crippen LogP contribution in [0.25, 0.3) is 26.6 Å². The minimum atomic E-state index is -1.22. The van der Waals surface area contributed by atoms with Crippen LogP contribution in [0.15, 0.2) is 54.6 Å². The van der Waals surface area contributed by atoms with Crippen LogP contribution in [0.1, 0.15) is 42.3 Å². The fourth-order valence-corrected chi connectivity index (χ4v) is 6.48. The number of methoxy groups -OCH3 is 4. The SMILES string of the molecule is COc1cc(OC)c(-c2cc3ccccc3s2)cc1C=CC(=O)c1cc(OC)c(C(C)(C)C)c(OC)c1O[Si](C)C. The standard InChI is InChI=1S/C33H37O6SSi/c1-33(2,3)30-27(37-6)18-22(31(32(30)38-7)39-41(8)9)24(34)15-14-20-16-23(26(36-5)19-25(20)35-4)29-17-21-12-10-11-13-28(21)40-29/h10-19H,1-9H3. The minimum Gasteiger partial charge on any atom is -0.540 e. The number of hydrogen-bond acceptors (Lipinski definition) is 7. The van der Waals surface area contributed by atoms with E-state index in [9.17, 15) is 4.79 Å². The number of benzene rings is 3. The molecule has 0 N–H and O–H groups in total. The lowest BCUT2D eigenvalue weighted by molar-refractivity contribution is 0.104. The summed E-state index contributed by atoms with van der Waals surface area (Å²) in [7, 11) is 5.22. The van der Waals surface area contributed by atoms with E-state index in [1.807, 2.05) is 37.4 Å². The van der Waals surface area contributed by atoms with Crippen molar-refractivity contribution in [3.8, 4) is 39.2 Å². The van der Waals surface area contributed by atoms with E-state index in [-0.39, 0.29) is 11.2 Å². The maximum absolute atomic E-state index is 13.8. The Hall–Kier alpha value is -3.75. The average molecular weight is 590 g/mol. The summed E-state index contributed by atoms with van der Waals surface area (Å²) in [4.78, 5) is 14.8. The highest BCUT2D eigenvalue weighted by Gasteiger charge is 2.31. The third-order valence-electron chi connectivity index (χ3n) is 6.60. The van der Waals surface area contributed by atoms with Crippen LogP contribution in [0, 0.1) is 0 Å². The van der Waals surface area contributed by atoms with Crippen LogP contribution in [0.2, 0.25) is 13.1 Å². The highest BCUT2D eigenvalue weighted by Crippen LogP contribution is 2.47. The first kappa shape index (κ1) is 30.2. The van der Waals surface area contributed by atoms with E-state index >= 15 is 0 Å². The Balaban J connectivity index is 1.83. The number of carbonyl (C=O) groups is 1. The highest BCUT2D eigenvalue weighted by atomic mass is 32.1. The van der Waals surface area contributed by atoms with Crippen LogP contribution in [-0.2, 0) is 5.41 Å². The van der Waals surface area contributed by atoms with Crippen molar-refractivity contribution in [1.82, 2.24) is 0 Å². The molecule has 8 heteroatoms. The zero-order valence-electron chi connectivity index (χ0n) is 25.1. The van der Waals surface area contributed by atoms with Crippen molar-refractivity contribution >= 4 is 42.3 Å². The molecule has 1 radical (unpaired) electrons. The van der Waals surface area contributed by atoms with Gasteiger partial charge in [0.1, 0.15) is 17.2 Å². The van der Waals surface area contributed by atoms with Crippen molar-refractivity contribution in [2.75, 3.05) is 28.4 Å². The predicted octanol–water partition coefficient (Wildman–Crippen LogP) is 8.43. The molecule has 1 heterocycles. The molecule has 4 aromatic rings. The molecule has 0 bridgehead atoms. The maximum Gasteiger partial charge on any atom is 0.274 e. The fourth-order valence-electron chi connectivity index (χ4n) is 4.79. The Kier molecular flexibility index (Phi) is 9.14. The molecule has 6 nitrogen and oxygen atoms in total. The number of allylic oxidation sites excluding steroid dienone is 1. The lowest BCUT2D eigenvalue weighted by Crippen LogP contribution is -2.20. The molecule has 0 aliphatic carbocycles. The Morgan fingerprint density at radius 2 is 1.51 bits per heavy atom. The topological polar surface area (TPSA) is 63.2 Å². The number of ketones is 1. The van der Waals surface area contributed by atoms with Crippen LogP contribution in [-0.4, -0.2) is 43.3 Å². The summed E-state index contributed by atoms with van der Waals surface area (Å²) in [5, 5.41) is 1.17. The maximum atomic E-state index is 13.8. The van der Waals surface area contributed by atoms with E-state index in [4.69, 9.17) is 23.4 Å². The molecule has 0 fully saturated rings. The third kappa shape index (κ3) is 6.28. The van der Waals surface area contributed by atoms with Crippen molar-refractivity contribution in [1.29, 1.82) is 0 Å². The Bertz CT molecular complexity index is 1560. The van der Waals surface area contributed by atoms with Gasteiger partial charge in [-0.3, -0.25) is 4.79 Å². The summed E-state index contributed by atoms with van der Waals surface area (Å²) in [5.41, 5.74) is 2.60. The monoisotopic (exact) mass is 589 g/mol. The van der Waals surface area contributed by atoms with Gasteiger partial charge in [-0.25, -0.2) is 0 Å². The first-order valence-corrected chi connectivity index (χ1v) is 16.5. The van der Waals surface area contributed by atoms with Gasteiger partial charge in [0.2, 0.25) is 0 Å². The Morgan fingerprint density at radius 1 is 0.829 bits per heavy atom. The molecule has 0 amide bonds. The van der Waals surface area contributed by atoms with Crippen molar-refractivity contribution in [2.24, 2.45) is 0 Å². The summed E-state index contributed by atoms with van der Waals surface area (Å²) >= 11 is 1.69. The molecule has 3 aromatic carbocycles. The molecule has 0 aliphatic rings. The number of rotatable bonds is 10. The van der Waals surface area contributed by atoms with Crippen molar-refractivity contribution in [3.05, 3.63) is 71.3 Å². The molecule has 0 spiro atoms. The highest BCUT2D eigenvalue weighted by molar-refractivity contribution is 7.22. The van der Waals surface area contributed by atoms with Gasteiger partial charge in [-0.15, -0.1) is 11.3 Å². The third-order valence-corrected chi connectivity index (χ3v) is 8.36. The Morgan fingerprint density at radius 3 is 2.10 bits per heavy atom. The van der Waals surface area contributed by atoms with E-state index in [1.54, 1.807) is 51.9 Å². The Labute approximate surface area is 248 Å². The van der Waals surface area contributed by atoms with Crippen LogP contribution >= 0.6 is 11.3 Å². The predicted molar refractivity (Wildman–Crippen MR) is 170 cm³/mol. The van der Waals surface area contributed by atoms with Crippen LogP contribution in [0.4, 0.5) is 0 Å². The number of fused-ring (bicyclic) bond motifs is 1. The van der Waals surface area contributed by atoms with Crippen LogP contribution < -0.4 is 23.4 Å². The number of thiophene rings is 1. The quantitative estimate of drug-likeness (QED) is 0.105. The van der Waals surface area contributed by atoms with Crippen LogP contribution in [0.5, 0.6) is 28.7 Å². The van der Waals surface area contributed by atoms with Gasteiger partial charge < -0.3 is 23.4 Å². The molecule has 0 saturated heterocycles. The number of carbonyl (C=O) groups excluding carboxylic acids is 1. The molecule has 215 valence electrons. The zero-order chi connectivity index (χ0) is 29.9. The molecule has 0 atom stereocenters. The molecular formula is C33H37O6SSi. The zero-order valence-corrected chi connectivity index (χ0v) is 26.9. The second-order valence-electron chi connectivity index (χ2n) is 10.8. The smallest absolute Gasteiger partial charge is 0.274 e. The molecule has 1 aromatic heterocycles. The van der Waals surface area contributed by atoms with E-state index in [2.05, 4.69) is 39.0 Å². The lowest BCUT2D eigenvalue weighted by Gasteiger charge is -2.28. The molecule has 4 rings (SSSR count). The summed E-state index contributed by atoms with van der Waals surface area (Å²) in [6.07, 6.45) is 3.30. The molecule has 0 aliphatic heterocycles. The summed E-state index contributed by atoms with van der Waals surface area (Å²) in [6.45, 7) is 10.3. The summed E-state index contributed by atoms with van der Waals surface area (Å²) < 4.78 is 30.5. The average Bonchev–Trinajstić information content (AvgIpc) is 3.38. The van der Waals surface area contributed by atoms with Gasteiger partial charge in [-0.05, 0) is 60.3 Å². The van der Waals surface area contributed by atoms with E-state index in [0.29, 0.717) is 34.3 Å². The van der Waals surface area contributed by atoms with Gasteiger partial charge in [-0.2, -0.15) is 0 Å². The summed E-state index contributed by atoms with van der Waals surface area (Å²) in [6, 6.07) is 16.0. The van der Waals surface area contributed by atoms with Crippen LogP contribution in [0.3, 0.4) is 0 Å². The largest absolute Gasteiger partial charge is 0.540 e. The molecule has 41 heavy (non-hydrogen) atoms. The van der Waals surface area contributed by atoms with Gasteiger partial charge in [0, 0.05) is 32.3 Å². The van der Waals surface area contributed by atoms with Gasteiger partial charge in [0.15, 0.2) is 17.3 Å². The van der Waals surface area contributed by atoms with Crippen molar-refractivity contribution < 1.29 is 28.2 Å². The van der Waals surface area contributed by atoms with Crippen molar-refractivity contribution in [3.63, 3.8) is 0 Å².